The highest BCUT2D eigenvalue weighted by atomic mass is 32.2. The number of nitro groups is 1. The van der Waals surface area contributed by atoms with Gasteiger partial charge in [-0.2, -0.15) is 5.10 Å². The first-order valence-corrected chi connectivity index (χ1v) is 8.66. The van der Waals surface area contributed by atoms with Crippen LogP contribution in [0.4, 0.5) is 5.69 Å². The number of aromatic nitrogens is 2. The van der Waals surface area contributed by atoms with Crippen molar-refractivity contribution in [2.24, 2.45) is 7.05 Å². The predicted molar refractivity (Wildman–Crippen MR) is 82.1 cm³/mol. The number of non-ortho nitro benzene ring substituents is 1. The zero-order chi connectivity index (χ0) is 17.6. The highest BCUT2D eigenvalue weighted by Crippen LogP contribution is 2.40. The molecule has 0 unspecified atom stereocenters. The molecule has 10 heteroatoms. The summed E-state index contributed by atoms with van der Waals surface area (Å²) in [6.07, 6.45) is 0. The number of aryl methyl sites for hydroxylation is 1. The fourth-order valence-corrected chi connectivity index (χ4v) is 4.34. The Bertz CT molecular complexity index is 977. The molecule has 126 valence electrons. The van der Waals surface area contributed by atoms with E-state index in [0.717, 1.165) is 6.07 Å². The second-order valence-corrected chi connectivity index (χ2v) is 7.17. The van der Waals surface area contributed by atoms with Crippen molar-refractivity contribution in [3.8, 4) is 11.3 Å². The molecule has 1 aliphatic heterocycles. The topological polar surface area (TPSA) is 121 Å². The Kier molecular flexibility index (Phi) is 3.63. The SMILES string of the molecule is CCOC(=O)c1nn(C)c2c1CS(=O)(=O)c1ccc([N+](=O)[O-])cc1-2. The van der Waals surface area contributed by atoms with Crippen LogP contribution in [0.25, 0.3) is 11.3 Å². The van der Waals surface area contributed by atoms with Gasteiger partial charge in [0, 0.05) is 30.3 Å². The minimum absolute atomic E-state index is 0.0148. The van der Waals surface area contributed by atoms with Crippen LogP contribution in [0, 0.1) is 10.1 Å². The molecule has 9 nitrogen and oxygen atoms in total. The van der Waals surface area contributed by atoms with Crippen LogP contribution in [0.5, 0.6) is 0 Å². The van der Waals surface area contributed by atoms with Crippen molar-refractivity contribution >= 4 is 21.5 Å². The number of carbonyl (C=O) groups excluding carboxylic acids is 1. The first-order valence-electron chi connectivity index (χ1n) is 7.00. The second kappa shape index (κ2) is 5.41. The molecule has 1 aromatic heterocycles. The number of nitrogens with zero attached hydrogens (tertiary/aromatic N) is 3. The highest BCUT2D eigenvalue weighted by Gasteiger charge is 2.36. The Balaban J connectivity index is 2.31. The van der Waals surface area contributed by atoms with Gasteiger partial charge in [-0.05, 0) is 13.0 Å². The largest absolute Gasteiger partial charge is 0.461 e. The summed E-state index contributed by atoms with van der Waals surface area (Å²) in [7, 11) is -2.20. The Labute approximate surface area is 136 Å². The molecule has 1 aliphatic rings. The van der Waals surface area contributed by atoms with Crippen LogP contribution < -0.4 is 0 Å². The Morgan fingerprint density at radius 2 is 2.17 bits per heavy atom. The summed E-state index contributed by atoms with van der Waals surface area (Å²) in [6, 6.07) is 3.54. The number of esters is 1. The number of nitro benzene ring substituents is 1. The van der Waals surface area contributed by atoms with Crippen LogP contribution in [-0.2, 0) is 27.4 Å². The molecule has 3 rings (SSSR count). The van der Waals surface area contributed by atoms with Gasteiger partial charge in [0.15, 0.2) is 15.5 Å². The third kappa shape index (κ3) is 2.35. The monoisotopic (exact) mass is 351 g/mol. The highest BCUT2D eigenvalue weighted by molar-refractivity contribution is 7.90. The van der Waals surface area contributed by atoms with Crippen molar-refractivity contribution in [2.45, 2.75) is 17.6 Å². The summed E-state index contributed by atoms with van der Waals surface area (Å²) in [5.74, 6) is -1.13. The molecule has 0 atom stereocenters. The fourth-order valence-electron chi connectivity index (χ4n) is 2.76. The number of carbonyl (C=O) groups is 1. The van der Waals surface area contributed by atoms with Crippen LogP contribution in [0.2, 0.25) is 0 Å². The van der Waals surface area contributed by atoms with Crippen LogP contribution in [0.1, 0.15) is 23.0 Å². The van der Waals surface area contributed by atoms with Gasteiger partial charge < -0.3 is 4.74 Å². The van der Waals surface area contributed by atoms with Crippen LogP contribution >= 0.6 is 0 Å². The van der Waals surface area contributed by atoms with Crippen LogP contribution in [-0.4, -0.2) is 35.7 Å². The molecule has 0 spiro atoms. The molecular weight excluding hydrogens is 338 g/mol. The Hall–Kier alpha value is -2.75. The standard InChI is InChI=1S/C14H13N3O6S/c1-3-23-14(18)12-10-7-24(21,22)11-5-4-8(17(19)20)6-9(11)13(10)16(2)15-12/h4-6H,3,7H2,1-2H3. The average molecular weight is 351 g/mol. The van der Waals surface area contributed by atoms with E-state index in [-0.39, 0.29) is 34.0 Å². The van der Waals surface area contributed by atoms with Gasteiger partial charge in [-0.15, -0.1) is 0 Å². The molecule has 0 fully saturated rings. The normalized spacial score (nSPS) is 14.6. The molecule has 2 heterocycles. The number of benzene rings is 1. The van der Waals surface area contributed by atoms with Crippen molar-refractivity contribution in [1.29, 1.82) is 0 Å². The summed E-state index contributed by atoms with van der Waals surface area (Å²) < 4.78 is 31.3. The zero-order valence-corrected chi connectivity index (χ0v) is 13.7. The van der Waals surface area contributed by atoms with Gasteiger partial charge in [-0.3, -0.25) is 14.8 Å². The Morgan fingerprint density at radius 1 is 1.46 bits per heavy atom. The number of hydrogen-bond acceptors (Lipinski definition) is 7. The van der Waals surface area contributed by atoms with Gasteiger partial charge in [-0.25, -0.2) is 13.2 Å². The first kappa shape index (κ1) is 16.1. The molecular formula is C14H13N3O6S. The molecule has 24 heavy (non-hydrogen) atoms. The molecule has 0 saturated heterocycles. The third-order valence-corrected chi connectivity index (χ3v) is 5.41. The molecule has 0 saturated carbocycles. The lowest BCUT2D eigenvalue weighted by atomic mass is 10.1. The minimum Gasteiger partial charge on any atom is -0.461 e. The average Bonchev–Trinajstić information content (AvgIpc) is 2.83. The Morgan fingerprint density at radius 3 is 2.79 bits per heavy atom. The molecule has 1 aromatic carbocycles. The lowest BCUT2D eigenvalue weighted by Gasteiger charge is -2.17. The summed E-state index contributed by atoms with van der Waals surface area (Å²) in [4.78, 5) is 22.4. The number of sulfone groups is 1. The number of fused-ring (bicyclic) bond motifs is 3. The van der Waals surface area contributed by atoms with Crippen molar-refractivity contribution in [3.63, 3.8) is 0 Å². The minimum atomic E-state index is -3.74. The van der Waals surface area contributed by atoms with Crippen LogP contribution in [0.3, 0.4) is 0 Å². The van der Waals surface area contributed by atoms with E-state index in [1.165, 1.54) is 16.8 Å². The maximum atomic E-state index is 12.5. The lowest BCUT2D eigenvalue weighted by molar-refractivity contribution is -0.384. The molecule has 2 aromatic rings. The third-order valence-electron chi connectivity index (χ3n) is 3.71. The number of ether oxygens (including phenoxy) is 1. The van der Waals surface area contributed by atoms with E-state index in [9.17, 15) is 23.3 Å². The van der Waals surface area contributed by atoms with Gasteiger partial charge in [0.1, 0.15) is 0 Å². The second-order valence-electron chi connectivity index (χ2n) is 5.22. The molecule has 0 N–H and O–H groups in total. The quantitative estimate of drug-likeness (QED) is 0.466. The molecule has 0 amide bonds. The van der Waals surface area contributed by atoms with Crippen LogP contribution in [0.15, 0.2) is 23.1 Å². The summed E-state index contributed by atoms with van der Waals surface area (Å²) in [5, 5.41) is 15.1. The molecule has 0 aliphatic carbocycles. The van der Waals surface area contributed by atoms with E-state index in [0.29, 0.717) is 5.69 Å². The van der Waals surface area contributed by atoms with E-state index in [1.54, 1.807) is 14.0 Å². The maximum Gasteiger partial charge on any atom is 0.359 e. The van der Waals surface area contributed by atoms with Gasteiger partial charge in [0.05, 0.1) is 27.9 Å². The zero-order valence-electron chi connectivity index (χ0n) is 12.8. The summed E-state index contributed by atoms with van der Waals surface area (Å²) in [6.45, 7) is 1.75. The van der Waals surface area contributed by atoms with E-state index in [4.69, 9.17) is 4.74 Å². The van der Waals surface area contributed by atoms with Gasteiger partial charge >= 0.3 is 5.97 Å². The predicted octanol–water partition coefficient (Wildman–Crippen LogP) is 1.46. The summed E-state index contributed by atoms with van der Waals surface area (Å²) in [5.41, 5.74) is 0.400. The summed E-state index contributed by atoms with van der Waals surface area (Å²) >= 11 is 0. The van der Waals surface area contributed by atoms with E-state index >= 15 is 0 Å². The van der Waals surface area contributed by atoms with Crippen molar-refractivity contribution in [1.82, 2.24) is 9.78 Å². The lowest BCUT2D eigenvalue weighted by Crippen LogP contribution is -2.16. The van der Waals surface area contributed by atoms with E-state index in [1.807, 2.05) is 0 Å². The maximum absolute atomic E-state index is 12.5. The molecule has 0 bridgehead atoms. The van der Waals surface area contributed by atoms with E-state index < -0.39 is 26.5 Å². The smallest absolute Gasteiger partial charge is 0.359 e. The van der Waals surface area contributed by atoms with E-state index in [2.05, 4.69) is 5.10 Å². The van der Waals surface area contributed by atoms with Gasteiger partial charge in [0.25, 0.3) is 5.69 Å². The number of rotatable bonds is 3. The fraction of sp³-hybridized carbons (Fsp3) is 0.286. The van der Waals surface area contributed by atoms with Crippen molar-refractivity contribution in [3.05, 3.63) is 39.6 Å². The van der Waals surface area contributed by atoms with Gasteiger partial charge in [0.2, 0.25) is 0 Å². The van der Waals surface area contributed by atoms with Crippen molar-refractivity contribution in [2.75, 3.05) is 6.61 Å². The van der Waals surface area contributed by atoms with Crippen molar-refractivity contribution < 1.29 is 22.9 Å². The molecule has 0 radical (unpaired) electrons. The first-order chi connectivity index (χ1) is 11.3. The number of hydrogen-bond donors (Lipinski definition) is 0. The van der Waals surface area contributed by atoms with Gasteiger partial charge in [-0.1, -0.05) is 0 Å².